The number of rotatable bonds is 9. The van der Waals surface area contributed by atoms with E-state index < -0.39 is 28.0 Å². The normalized spacial score (nSPS) is 12.0. The first kappa shape index (κ1) is 20.7. The highest BCUT2D eigenvalue weighted by Gasteiger charge is 2.27. The van der Waals surface area contributed by atoms with Gasteiger partial charge in [-0.15, -0.1) is 6.42 Å². The van der Waals surface area contributed by atoms with Gasteiger partial charge in [0.05, 0.1) is 18.1 Å². The van der Waals surface area contributed by atoms with E-state index in [2.05, 4.69) is 10.6 Å². The molecule has 25 heavy (non-hydrogen) atoms. The standard InChI is InChI=1S/C17H21NO6S/c1-4-13-7-9-14(10-8-13)25(21,22)18-15(17(20)24-6-3)11-12-16(19)23-5-2/h1,7-10,15,18H,5-6,11-12H2,2-3H3/t15-/m0/s1. The molecule has 0 aromatic heterocycles. The molecule has 0 aliphatic carbocycles. The summed E-state index contributed by atoms with van der Waals surface area (Å²) in [6, 6.07) is 4.44. The molecule has 1 atom stereocenters. The lowest BCUT2D eigenvalue weighted by atomic mass is 10.2. The number of terminal acetylenes is 1. The predicted molar refractivity (Wildman–Crippen MR) is 91.0 cm³/mol. The third-order valence-electron chi connectivity index (χ3n) is 3.14. The smallest absolute Gasteiger partial charge is 0.324 e. The lowest BCUT2D eigenvalue weighted by molar-refractivity contribution is -0.146. The number of carbonyl (C=O) groups excluding carboxylic acids is 2. The van der Waals surface area contributed by atoms with Crippen LogP contribution in [0.2, 0.25) is 0 Å². The van der Waals surface area contributed by atoms with Crippen LogP contribution in [0.25, 0.3) is 0 Å². The Balaban J connectivity index is 2.91. The molecule has 7 nitrogen and oxygen atoms in total. The second-order valence-corrected chi connectivity index (χ2v) is 6.65. The van der Waals surface area contributed by atoms with Crippen molar-refractivity contribution in [3.8, 4) is 12.3 Å². The predicted octanol–water partition coefficient (Wildman–Crippen LogP) is 1.22. The number of hydrogen-bond donors (Lipinski definition) is 1. The van der Waals surface area contributed by atoms with Gasteiger partial charge in [0.1, 0.15) is 6.04 Å². The topological polar surface area (TPSA) is 98.8 Å². The van der Waals surface area contributed by atoms with E-state index >= 15 is 0 Å². The van der Waals surface area contributed by atoms with Crippen LogP contribution in [-0.4, -0.2) is 39.6 Å². The third kappa shape index (κ3) is 6.57. The van der Waals surface area contributed by atoms with Gasteiger partial charge in [0, 0.05) is 12.0 Å². The summed E-state index contributed by atoms with van der Waals surface area (Å²) in [6.07, 6.45) is 5.05. The summed E-state index contributed by atoms with van der Waals surface area (Å²) in [4.78, 5) is 23.4. The second kappa shape index (κ2) is 9.81. The van der Waals surface area contributed by atoms with Crippen LogP contribution in [0.15, 0.2) is 29.2 Å². The molecule has 0 unspecified atom stereocenters. The van der Waals surface area contributed by atoms with E-state index in [1.54, 1.807) is 13.8 Å². The van der Waals surface area contributed by atoms with Gasteiger partial charge < -0.3 is 9.47 Å². The first-order chi connectivity index (χ1) is 11.8. The van der Waals surface area contributed by atoms with E-state index in [4.69, 9.17) is 15.9 Å². The summed E-state index contributed by atoms with van der Waals surface area (Å²) in [5.74, 6) is 1.11. The summed E-state index contributed by atoms with van der Waals surface area (Å²) in [6.45, 7) is 3.56. The van der Waals surface area contributed by atoms with Crippen molar-refractivity contribution in [1.82, 2.24) is 4.72 Å². The molecule has 0 spiro atoms. The lowest BCUT2D eigenvalue weighted by Crippen LogP contribution is -2.42. The monoisotopic (exact) mass is 367 g/mol. The SMILES string of the molecule is C#Cc1ccc(S(=O)(=O)N[C@@H](CCC(=O)OCC)C(=O)OCC)cc1. The molecule has 0 saturated heterocycles. The molecule has 1 rings (SSSR count). The van der Waals surface area contributed by atoms with E-state index in [0.717, 1.165) is 0 Å². The fourth-order valence-electron chi connectivity index (χ4n) is 1.95. The Hall–Kier alpha value is -2.37. The Kier molecular flexibility index (Phi) is 8.11. The van der Waals surface area contributed by atoms with Crippen molar-refractivity contribution >= 4 is 22.0 Å². The fourth-order valence-corrected chi connectivity index (χ4v) is 3.17. The van der Waals surface area contributed by atoms with Gasteiger partial charge in [0.25, 0.3) is 0 Å². The summed E-state index contributed by atoms with van der Waals surface area (Å²) in [5, 5.41) is 0. The lowest BCUT2D eigenvalue weighted by Gasteiger charge is -2.17. The van der Waals surface area contributed by atoms with E-state index in [1.807, 2.05) is 0 Å². The quantitative estimate of drug-likeness (QED) is 0.520. The minimum atomic E-state index is -3.98. The highest BCUT2D eigenvalue weighted by molar-refractivity contribution is 7.89. The van der Waals surface area contributed by atoms with Gasteiger partial charge in [0.2, 0.25) is 10.0 Å². The van der Waals surface area contributed by atoms with E-state index in [9.17, 15) is 18.0 Å². The van der Waals surface area contributed by atoms with E-state index in [1.165, 1.54) is 24.3 Å². The Morgan fingerprint density at radius 3 is 2.28 bits per heavy atom. The third-order valence-corrected chi connectivity index (χ3v) is 4.63. The molecular weight excluding hydrogens is 346 g/mol. The molecule has 0 amide bonds. The molecule has 1 N–H and O–H groups in total. The molecule has 0 radical (unpaired) electrons. The van der Waals surface area contributed by atoms with Crippen LogP contribution in [0.4, 0.5) is 0 Å². The van der Waals surface area contributed by atoms with Crippen LogP contribution in [-0.2, 0) is 29.1 Å². The minimum absolute atomic E-state index is 0.0445. The van der Waals surface area contributed by atoms with Gasteiger partial charge in [-0.1, -0.05) is 5.92 Å². The maximum absolute atomic E-state index is 12.4. The highest BCUT2D eigenvalue weighted by atomic mass is 32.2. The first-order valence-electron chi connectivity index (χ1n) is 7.75. The van der Waals surface area contributed by atoms with Crippen LogP contribution in [0.1, 0.15) is 32.3 Å². The molecule has 0 fully saturated rings. The molecule has 136 valence electrons. The Bertz CT molecular complexity index is 733. The average molecular weight is 367 g/mol. The minimum Gasteiger partial charge on any atom is -0.466 e. The molecule has 8 heteroatoms. The molecular formula is C17H21NO6S. The number of carbonyl (C=O) groups is 2. The van der Waals surface area contributed by atoms with Gasteiger partial charge in [0.15, 0.2) is 0 Å². The number of nitrogens with one attached hydrogen (secondary N) is 1. The maximum atomic E-state index is 12.4. The summed E-state index contributed by atoms with van der Waals surface area (Å²) >= 11 is 0. The van der Waals surface area contributed by atoms with Crippen molar-refractivity contribution in [2.45, 2.75) is 37.6 Å². The zero-order chi connectivity index (χ0) is 18.9. The second-order valence-electron chi connectivity index (χ2n) is 4.94. The summed E-state index contributed by atoms with van der Waals surface area (Å²) < 4.78 is 36.8. The number of hydrogen-bond acceptors (Lipinski definition) is 6. The molecule has 0 aliphatic heterocycles. The van der Waals surface area contributed by atoms with Crippen molar-refractivity contribution in [3.63, 3.8) is 0 Å². The molecule has 1 aromatic carbocycles. The molecule has 0 saturated carbocycles. The van der Waals surface area contributed by atoms with Crippen LogP contribution in [0, 0.1) is 12.3 Å². The van der Waals surface area contributed by atoms with Gasteiger partial charge in [-0.05, 0) is 44.5 Å². The molecule has 0 bridgehead atoms. The summed E-state index contributed by atoms with van der Waals surface area (Å²) in [7, 11) is -3.98. The van der Waals surface area contributed by atoms with Gasteiger partial charge in [-0.25, -0.2) is 8.42 Å². The first-order valence-corrected chi connectivity index (χ1v) is 9.23. The highest BCUT2D eigenvalue weighted by Crippen LogP contribution is 2.13. The van der Waals surface area contributed by atoms with Crippen LogP contribution < -0.4 is 4.72 Å². The number of sulfonamides is 1. The zero-order valence-corrected chi connectivity index (χ0v) is 15.0. The maximum Gasteiger partial charge on any atom is 0.324 e. The van der Waals surface area contributed by atoms with Crippen LogP contribution in [0.3, 0.4) is 0 Å². The van der Waals surface area contributed by atoms with Crippen molar-refractivity contribution in [2.75, 3.05) is 13.2 Å². The van der Waals surface area contributed by atoms with E-state index in [-0.39, 0.29) is 31.0 Å². The van der Waals surface area contributed by atoms with Crippen molar-refractivity contribution in [3.05, 3.63) is 29.8 Å². The average Bonchev–Trinajstić information content (AvgIpc) is 2.59. The Morgan fingerprint density at radius 2 is 1.76 bits per heavy atom. The molecule has 0 heterocycles. The van der Waals surface area contributed by atoms with Gasteiger partial charge >= 0.3 is 11.9 Å². The van der Waals surface area contributed by atoms with E-state index in [0.29, 0.717) is 5.56 Å². The Labute approximate surface area is 147 Å². The van der Waals surface area contributed by atoms with Crippen LogP contribution >= 0.6 is 0 Å². The molecule has 0 aliphatic rings. The van der Waals surface area contributed by atoms with Crippen molar-refractivity contribution in [2.24, 2.45) is 0 Å². The largest absolute Gasteiger partial charge is 0.466 e. The molecule has 1 aromatic rings. The number of benzene rings is 1. The van der Waals surface area contributed by atoms with Crippen molar-refractivity contribution < 1.29 is 27.5 Å². The van der Waals surface area contributed by atoms with Crippen LogP contribution in [0.5, 0.6) is 0 Å². The van der Waals surface area contributed by atoms with Gasteiger partial charge in [-0.2, -0.15) is 4.72 Å². The number of ether oxygens (including phenoxy) is 2. The Morgan fingerprint density at radius 1 is 1.16 bits per heavy atom. The van der Waals surface area contributed by atoms with Gasteiger partial charge in [-0.3, -0.25) is 9.59 Å². The van der Waals surface area contributed by atoms with Crippen molar-refractivity contribution in [1.29, 1.82) is 0 Å². The fraction of sp³-hybridized carbons (Fsp3) is 0.412. The zero-order valence-electron chi connectivity index (χ0n) is 14.2. The number of esters is 2. The summed E-state index contributed by atoms with van der Waals surface area (Å²) in [5.41, 5.74) is 0.531.